The monoisotopic (exact) mass is 366 g/mol. The highest BCUT2D eigenvalue weighted by molar-refractivity contribution is 5.96. The van der Waals surface area contributed by atoms with Crippen molar-refractivity contribution in [2.24, 2.45) is 0 Å². The van der Waals surface area contributed by atoms with Gasteiger partial charge in [-0.1, -0.05) is 6.07 Å². The molecule has 1 N–H and O–H groups in total. The summed E-state index contributed by atoms with van der Waals surface area (Å²) in [4.78, 5) is 25.8. The van der Waals surface area contributed by atoms with Crippen LogP contribution in [-0.2, 0) is 17.6 Å². The van der Waals surface area contributed by atoms with Crippen LogP contribution in [0.15, 0.2) is 42.5 Å². The molecule has 0 aromatic heterocycles. The van der Waals surface area contributed by atoms with Gasteiger partial charge in [-0.15, -0.1) is 0 Å². The molecule has 2 aromatic rings. The summed E-state index contributed by atoms with van der Waals surface area (Å²) < 4.78 is 5.84. The van der Waals surface area contributed by atoms with Gasteiger partial charge < -0.3 is 15.0 Å². The number of carbonyl (C=O) groups excluding carboxylic acids is 2. The number of hydrogen-bond acceptors (Lipinski definition) is 3. The van der Waals surface area contributed by atoms with E-state index in [4.69, 9.17) is 4.74 Å². The van der Waals surface area contributed by atoms with Gasteiger partial charge in [-0.25, -0.2) is 0 Å². The van der Waals surface area contributed by atoms with Crippen molar-refractivity contribution in [3.8, 4) is 5.75 Å². The quantitative estimate of drug-likeness (QED) is 0.878. The molecule has 0 saturated heterocycles. The smallest absolute Gasteiger partial charge is 0.265 e. The van der Waals surface area contributed by atoms with E-state index in [0.717, 1.165) is 18.6 Å². The zero-order valence-corrected chi connectivity index (χ0v) is 16.1. The number of anilines is 1. The average Bonchev–Trinajstić information content (AvgIpc) is 2.67. The molecule has 142 valence electrons. The van der Waals surface area contributed by atoms with E-state index < -0.39 is 6.10 Å². The third kappa shape index (κ3) is 4.67. The maximum absolute atomic E-state index is 12.4. The van der Waals surface area contributed by atoms with E-state index in [2.05, 4.69) is 17.4 Å². The van der Waals surface area contributed by atoms with Gasteiger partial charge in [0.15, 0.2) is 6.10 Å². The van der Waals surface area contributed by atoms with E-state index in [0.29, 0.717) is 11.3 Å². The first-order valence-electron chi connectivity index (χ1n) is 9.35. The van der Waals surface area contributed by atoms with Crippen LogP contribution in [-0.4, -0.2) is 36.9 Å². The summed E-state index contributed by atoms with van der Waals surface area (Å²) in [7, 11) is 3.41. The van der Waals surface area contributed by atoms with Crippen molar-refractivity contribution in [1.29, 1.82) is 0 Å². The van der Waals surface area contributed by atoms with Crippen molar-refractivity contribution in [3.05, 3.63) is 59.2 Å². The van der Waals surface area contributed by atoms with Crippen LogP contribution in [0.1, 0.15) is 41.3 Å². The molecule has 0 aliphatic heterocycles. The number of rotatable bonds is 5. The second kappa shape index (κ2) is 8.25. The fraction of sp³-hybridized carbons (Fsp3) is 0.364. The summed E-state index contributed by atoms with van der Waals surface area (Å²) in [5, 5.41) is 2.83. The summed E-state index contributed by atoms with van der Waals surface area (Å²) in [6, 6.07) is 12.9. The molecule has 1 aliphatic rings. The van der Waals surface area contributed by atoms with Crippen LogP contribution < -0.4 is 10.1 Å². The average molecular weight is 366 g/mol. The van der Waals surface area contributed by atoms with Crippen molar-refractivity contribution >= 4 is 17.5 Å². The Kier molecular flexibility index (Phi) is 5.79. The van der Waals surface area contributed by atoms with Gasteiger partial charge in [-0.05, 0) is 80.1 Å². The predicted octanol–water partition coefficient (Wildman–Crippen LogP) is 3.67. The Hall–Kier alpha value is -2.82. The molecule has 27 heavy (non-hydrogen) atoms. The number of hydrogen-bond donors (Lipinski definition) is 1. The molecule has 3 rings (SSSR count). The lowest BCUT2D eigenvalue weighted by Crippen LogP contribution is -2.30. The van der Waals surface area contributed by atoms with E-state index in [1.54, 1.807) is 45.3 Å². The minimum Gasteiger partial charge on any atom is -0.481 e. The number of fused-ring (bicyclic) bond motifs is 1. The molecule has 0 heterocycles. The van der Waals surface area contributed by atoms with Gasteiger partial charge in [0.25, 0.3) is 11.8 Å². The van der Waals surface area contributed by atoms with E-state index in [9.17, 15) is 9.59 Å². The lowest BCUT2D eigenvalue weighted by molar-refractivity contribution is -0.122. The van der Waals surface area contributed by atoms with Crippen LogP contribution in [0.4, 0.5) is 5.69 Å². The molecule has 5 heteroatoms. The molecule has 2 amide bonds. The normalized spacial score (nSPS) is 14.0. The Morgan fingerprint density at radius 1 is 1.00 bits per heavy atom. The lowest BCUT2D eigenvalue weighted by atomic mass is 9.92. The maximum atomic E-state index is 12.4. The number of benzene rings is 2. The fourth-order valence-electron chi connectivity index (χ4n) is 3.24. The number of aryl methyl sites for hydroxylation is 2. The number of amides is 2. The van der Waals surface area contributed by atoms with Crippen molar-refractivity contribution in [1.82, 2.24) is 4.90 Å². The fourth-order valence-corrected chi connectivity index (χ4v) is 3.24. The molecule has 1 atom stereocenters. The first-order chi connectivity index (χ1) is 12.9. The van der Waals surface area contributed by atoms with Crippen LogP contribution in [0.2, 0.25) is 0 Å². The van der Waals surface area contributed by atoms with Crippen LogP contribution in [0.5, 0.6) is 5.75 Å². The summed E-state index contributed by atoms with van der Waals surface area (Å²) in [6.07, 6.45) is 4.03. The molecular weight excluding hydrogens is 340 g/mol. The SMILES string of the molecule is CC(Oc1ccc2c(c1)CCCC2)C(=O)Nc1ccc(C(=O)N(C)C)cc1. The second-order valence-electron chi connectivity index (χ2n) is 7.16. The first kappa shape index (κ1) is 19.0. The Morgan fingerprint density at radius 2 is 1.67 bits per heavy atom. The zero-order valence-electron chi connectivity index (χ0n) is 16.1. The van der Waals surface area contributed by atoms with Gasteiger partial charge in [0.1, 0.15) is 5.75 Å². The Bertz CT molecular complexity index is 828. The van der Waals surface area contributed by atoms with Gasteiger partial charge in [-0.2, -0.15) is 0 Å². The van der Waals surface area contributed by atoms with Gasteiger partial charge in [-0.3, -0.25) is 9.59 Å². The highest BCUT2D eigenvalue weighted by atomic mass is 16.5. The van der Waals surface area contributed by atoms with Gasteiger partial charge >= 0.3 is 0 Å². The van der Waals surface area contributed by atoms with Crippen LogP contribution >= 0.6 is 0 Å². The third-order valence-electron chi connectivity index (χ3n) is 4.81. The molecule has 0 bridgehead atoms. The van der Waals surface area contributed by atoms with Gasteiger partial charge in [0.2, 0.25) is 0 Å². The lowest BCUT2D eigenvalue weighted by Gasteiger charge is -2.19. The topological polar surface area (TPSA) is 58.6 Å². The minimum atomic E-state index is -0.616. The molecule has 0 spiro atoms. The van der Waals surface area contributed by atoms with Crippen LogP contribution in [0.25, 0.3) is 0 Å². The maximum Gasteiger partial charge on any atom is 0.265 e. The molecule has 1 unspecified atom stereocenters. The van der Waals surface area contributed by atoms with Crippen molar-refractivity contribution < 1.29 is 14.3 Å². The summed E-state index contributed by atoms with van der Waals surface area (Å²) in [5.74, 6) is 0.432. The number of nitrogens with zero attached hydrogens (tertiary/aromatic N) is 1. The van der Waals surface area contributed by atoms with E-state index >= 15 is 0 Å². The van der Waals surface area contributed by atoms with Crippen LogP contribution in [0.3, 0.4) is 0 Å². The number of ether oxygens (including phenoxy) is 1. The second-order valence-corrected chi connectivity index (χ2v) is 7.16. The van der Waals surface area contributed by atoms with Crippen molar-refractivity contribution in [2.75, 3.05) is 19.4 Å². The molecule has 1 aliphatic carbocycles. The molecule has 5 nitrogen and oxygen atoms in total. The zero-order chi connectivity index (χ0) is 19.4. The molecule has 0 saturated carbocycles. The van der Waals surface area contributed by atoms with E-state index in [-0.39, 0.29) is 11.8 Å². The Morgan fingerprint density at radius 3 is 2.33 bits per heavy atom. The van der Waals surface area contributed by atoms with Crippen molar-refractivity contribution in [3.63, 3.8) is 0 Å². The van der Waals surface area contributed by atoms with Gasteiger partial charge in [0.05, 0.1) is 0 Å². The number of carbonyl (C=O) groups is 2. The Balaban J connectivity index is 1.60. The predicted molar refractivity (Wildman–Crippen MR) is 106 cm³/mol. The van der Waals surface area contributed by atoms with E-state index in [1.807, 2.05) is 6.07 Å². The molecule has 0 radical (unpaired) electrons. The Labute approximate surface area is 160 Å². The minimum absolute atomic E-state index is 0.0722. The van der Waals surface area contributed by atoms with Crippen molar-refractivity contribution in [2.45, 2.75) is 38.7 Å². The summed E-state index contributed by atoms with van der Waals surface area (Å²) >= 11 is 0. The summed E-state index contributed by atoms with van der Waals surface area (Å²) in [6.45, 7) is 1.73. The molecule has 0 fully saturated rings. The van der Waals surface area contributed by atoms with E-state index in [1.165, 1.54) is 28.9 Å². The van der Waals surface area contributed by atoms with Crippen LogP contribution in [0, 0.1) is 0 Å². The first-order valence-corrected chi connectivity index (χ1v) is 9.35. The highest BCUT2D eigenvalue weighted by Crippen LogP contribution is 2.26. The highest BCUT2D eigenvalue weighted by Gasteiger charge is 2.17. The largest absolute Gasteiger partial charge is 0.481 e. The standard InChI is InChI=1S/C22H26N2O3/c1-15(27-20-13-10-16-6-4-5-7-18(16)14-20)21(25)23-19-11-8-17(9-12-19)22(26)24(2)3/h8-15H,4-7H2,1-3H3,(H,23,25). The summed E-state index contributed by atoms with van der Waals surface area (Å²) in [5.41, 5.74) is 3.93. The molecular formula is C22H26N2O3. The third-order valence-corrected chi connectivity index (χ3v) is 4.81. The number of nitrogens with one attached hydrogen (secondary N) is 1. The molecule has 2 aromatic carbocycles. The van der Waals surface area contributed by atoms with Gasteiger partial charge in [0, 0.05) is 25.3 Å².